The summed E-state index contributed by atoms with van der Waals surface area (Å²) in [5.41, 5.74) is 3.19. The van der Waals surface area contributed by atoms with Crippen molar-refractivity contribution in [2.24, 2.45) is 5.84 Å². The number of hydrazine groups is 1. The molecule has 1 aliphatic heterocycles. The number of nitrogen functional groups attached to an aromatic ring is 1. The van der Waals surface area contributed by atoms with Crippen molar-refractivity contribution < 1.29 is 14.4 Å². The van der Waals surface area contributed by atoms with E-state index in [1.54, 1.807) is 18.2 Å². The van der Waals surface area contributed by atoms with Gasteiger partial charge in [-0.05, 0) is 17.7 Å². The number of nitrogens with two attached hydrogens (primary N) is 1. The van der Waals surface area contributed by atoms with Crippen LogP contribution in [0.4, 0.5) is 4.79 Å². The number of hydrogen-bond acceptors (Lipinski definition) is 5. The van der Waals surface area contributed by atoms with E-state index in [1.807, 2.05) is 5.43 Å². The molecule has 0 atom stereocenters. The highest BCUT2D eigenvalue weighted by molar-refractivity contribution is 9.10. The quantitative estimate of drug-likeness (QED) is 0.487. The number of nitrogens with zero attached hydrogens (tertiary/aromatic N) is 1. The van der Waals surface area contributed by atoms with Gasteiger partial charge in [0.2, 0.25) is 5.91 Å². The number of carbonyl (C=O) groups is 3. The molecule has 106 valence electrons. The average molecular weight is 358 g/mol. The molecule has 0 spiro atoms. The molecule has 0 radical (unpaired) electrons. The lowest BCUT2D eigenvalue weighted by Gasteiger charge is -2.24. The van der Waals surface area contributed by atoms with E-state index < -0.39 is 5.91 Å². The monoisotopic (exact) mass is 357 g/mol. The smallest absolute Gasteiger partial charge is 0.288 e. The summed E-state index contributed by atoms with van der Waals surface area (Å²) < 4.78 is 0.648. The normalized spacial score (nSPS) is 15.4. The third-order valence-corrected chi connectivity index (χ3v) is 4.45. The van der Waals surface area contributed by atoms with Gasteiger partial charge in [-0.3, -0.25) is 24.7 Å². The zero-order valence-corrected chi connectivity index (χ0v) is 12.8. The van der Waals surface area contributed by atoms with Crippen molar-refractivity contribution in [1.29, 1.82) is 0 Å². The number of amides is 3. The van der Waals surface area contributed by atoms with Crippen LogP contribution in [0.1, 0.15) is 22.3 Å². The van der Waals surface area contributed by atoms with Crippen LogP contribution in [0.15, 0.2) is 22.7 Å². The first-order chi connectivity index (χ1) is 9.52. The number of hydrogen-bond donors (Lipinski definition) is 2. The summed E-state index contributed by atoms with van der Waals surface area (Å²) in [5, 5.41) is -0.239. The summed E-state index contributed by atoms with van der Waals surface area (Å²) in [7, 11) is 0. The zero-order chi connectivity index (χ0) is 14.7. The van der Waals surface area contributed by atoms with Crippen LogP contribution in [0.3, 0.4) is 0 Å². The van der Waals surface area contributed by atoms with Gasteiger partial charge in [0, 0.05) is 22.2 Å². The highest BCUT2D eigenvalue weighted by atomic mass is 79.9. The number of nitrogens with one attached hydrogen (secondary N) is 1. The minimum absolute atomic E-state index is 0.176. The summed E-state index contributed by atoms with van der Waals surface area (Å²) >= 11 is 4.47. The van der Waals surface area contributed by atoms with E-state index in [4.69, 9.17) is 5.84 Å². The summed E-state index contributed by atoms with van der Waals surface area (Å²) in [6.07, 6.45) is 0.363. The van der Waals surface area contributed by atoms with Crippen molar-refractivity contribution >= 4 is 44.7 Å². The van der Waals surface area contributed by atoms with E-state index in [2.05, 4.69) is 15.9 Å². The molecule has 0 unspecified atom stereocenters. The summed E-state index contributed by atoms with van der Waals surface area (Å²) in [4.78, 5) is 36.1. The van der Waals surface area contributed by atoms with Crippen LogP contribution in [-0.2, 0) is 11.3 Å². The first-order valence-corrected chi connectivity index (χ1v) is 7.57. The molecule has 1 aromatic rings. The Morgan fingerprint density at radius 1 is 1.45 bits per heavy atom. The first kappa shape index (κ1) is 15.0. The Balaban J connectivity index is 2.19. The van der Waals surface area contributed by atoms with E-state index in [1.165, 1.54) is 4.90 Å². The van der Waals surface area contributed by atoms with Crippen molar-refractivity contribution in [3.05, 3.63) is 33.8 Å². The molecule has 2 rings (SSSR count). The first-order valence-electron chi connectivity index (χ1n) is 5.79. The number of rotatable bonds is 3. The highest BCUT2D eigenvalue weighted by Crippen LogP contribution is 2.25. The van der Waals surface area contributed by atoms with E-state index in [0.29, 0.717) is 22.2 Å². The number of benzene rings is 1. The summed E-state index contributed by atoms with van der Waals surface area (Å²) in [5.74, 6) is 5.01. The van der Waals surface area contributed by atoms with Gasteiger partial charge in [-0.2, -0.15) is 0 Å². The van der Waals surface area contributed by atoms with Gasteiger partial charge in [0.25, 0.3) is 11.1 Å². The molecule has 0 saturated carbocycles. The molecule has 1 fully saturated rings. The molecule has 1 saturated heterocycles. The fraction of sp³-hybridized carbons (Fsp3) is 0.250. The van der Waals surface area contributed by atoms with E-state index in [9.17, 15) is 14.4 Å². The van der Waals surface area contributed by atoms with Crippen LogP contribution >= 0.6 is 27.7 Å². The third-order valence-electron chi connectivity index (χ3n) is 2.84. The van der Waals surface area contributed by atoms with Crippen LogP contribution < -0.4 is 11.3 Å². The molecule has 3 N–H and O–H groups in total. The van der Waals surface area contributed by atoms with Crippen molar-refractivity contribution in [3.63, 3.8) is 0 Å². The van der Waals surface area contributed by atoms with Gasteiger partial charge in [-0.15, -0.1) is 0 Å². The fourth-order valence-electron chi connectivity index (χ4n) is 1.76. The maximum absolute atomic E-state index is 11.7. The van der Waals surface area contributed by atoms with Gasteiger partial charge in [-0.1, -0.05) is 33.8 Å². The van der Waals surface area contributed by atoms with Gasteiger partial charge in [0.05, 0.1) is 6.54 Å². The predicted molar refractivity (Wildman–Crippen MR) is 78.8 cm³/mol. The second-order valence-corrected chi connectivity index (χ2v) is 6.02. The molecule has 1 heterocycles. The molecule has 1 aromatic carbocycles. The zero-order valence-electron chi connectivity index (χ0n) is 10.4. The number of thioether (sulfide) groups is 1. The Bertz CT molecular complexity index is 563. The van der Waals surface area contributed by atoms with Gasteiger partial charge in [-0.25, -0.2) is 5.84 Å². The minimum Gasteiger partial charge on any atom is -0.290 e. The molecule has 1 aliphatic rings. The van der Waals surface area contributed by atoms with Gasteiger partial charge >= 0.3 is 0 Å². The number of halogens is 1. The van der Waals surface area contributed by atoms with Crippen LogP contribution in [-0.4, -0.2) is 27.7 Å². The summed E-state index contributed by atoms with van der Waals surface area (Å²) in [6.45, 7) is 0.190. The molecular weight excluding hydrogens is 346 g/mol. The second kappa shape index (κ2) is 6.38. The molecule has 0 aliphatic carbocycles. The molecule has 0 aromatic heterocycles. The Kier molecular flexibility index (Phi) is 4.79. The Hall–Kier alpha value is -1.38. The second-order valence-electron chi connectivity index (χ2n) is 4.12. The molecule has 3 amide bonds. The van der Waals surface area contributed by atoms with E-state index in [0.717, 1.165) is 17.3 Å². The standard InChI is InChI=1S/C12H12BrN3O3S/c13-9-5-7(11(18)15-14)1-2-8(9)6-16-10(17)3-4-20-12(16)19/h1-2,5H,3-4,6,14H2,(H,15,18). The predicted octanol–water partition coefficient (Wildman–Crippen LogP) is 1.64. The number of carbonyl (C=O) groups excluding carboxylic acids is 3. The van der Waals surface area contributed by atoms with Crippen molar-refractivity contribution in [2.45, 2.75) is 13.0 Å². The molecule has 0 bridgehead atoms. The summed E-state index contributed by atoms with van der Waals surface area (Å²) in [6, 6.07) is 4.88. The Morgan fingerprint density at radius 2 is 2.20 bits per heavy atom. The van der Waals surface area contributed by atoms with Gasteiger partial charge in [0.15, 0.2) is 0 Å². The topological polar surface area (TPSA) is 92.5 Å². The maximum Gasteiger partial charge on any atom is 0.288 e. The lowest BCUT2D eigenvalue weighted by atomic mass is 10.1. The van der Waals surface area contributed by atoms with Crippen molar-refractivity contribution in [3.8, 4) is 0 Å². The van der Waals surface area contributed by atoms with Crippen molar-refractivity contribution in [2.75, 3.05) is 5.75 Å². The number of imide groups is 1. The molecule has 6 nitrogen and oxygen atoms in total. The largest absolute Gasteiger partial charge is 0.290 e. The lowest BCUT2D eigenvalue weighted by Crippen LogP contribution is -2.37. The fourth-order valence-corrected chi connectivity index (χ4v) is 3.04. The SMILES string of the molecule is NNC(=O)c1ccc(CN2C(=O)CCSC2=O)c(Br)c1. The third kappa shape index (κ3) is 3.20. The van der Waals surface area contributed by atoms with Crippen LogP contribution in [0.5, 0.6) is 0 Å². The molecule has 8 heteroatoms. The molecule has 20 heavy (non-hydrogen) atoms. The van der Waals surface area contributed by atoms with Crippen LogP contribution in [0.25, 0.3) is 0 Å². The Morgan fingerprint density at radius 3 is 2.80 bits per heavy atom. The van der Waals surface area contributed by atoms with E-state index in [-0.39, 0.29) is 17.7 Å². The lowest BCUT2D eigenvalue weighted by molar-refractivity contribution is -0.128. The van der Waals surface area contributed by atoms with Crippen molar-refractivity contribution in [1.82, 2.24) is 10.3 Å². The van der Waals surface area contributed by atoms with Gasteiger partial charge < -0.3 is 0 Å². The van der Waals surface area contributed by atoms with E-state index >= 15 is 0 Å². The minimum atomic E-state index is -0.405. The van der Waals surface area contributed by atoms with Gasteiger partial charge in [0.1, 0.15) is 0 Å². The highest BCUT2D eigenvalue weighted by Gasteiger charge is 2.27. The van der Waals surface area contributed by atoms with Crippen LogP contribution in [0.2, 0.25) is 0 Å². The molecular formula is C12H12BrN3O3S. The maximum atomic E-state index is 11.7. The van der Waals surface area contributed by atoms with Crippen LogP contribution in [0, 0.1) is 0 Å². The average Bonchev–Trinajstić information content (AvgIpc) is 2.43. The Labute approximate surface area is 128 Å².